The van der Waals surface area contributed by atoms with Gasteiger partial charge in [-0.2, -0.15) is 0 Å². The van der Waals surface area contributed by atoms with E-state index in [9.17, 15) is 4.79 Å². The monoisotopic (exact) mass is 346 g/mol. The van der Waals surface area contributed by atoms with E-state index in [1.165, 1.54) is 0 Å². The van der Waals surface area contributed by atoms with Gasteiger partial charge in [-0.3, -0.25) is 4.79 Å². The lowest BCUT2D eigenvalue weighted by Crippen LogP contribution is -2.27. The minimum absolute atomic E-state index is 0.00433. The number of aromatic nitrogens is 3. The molecule has 1 amide bonds. The fourth-order valence-electron chi connectivity index (χ4n) is 2.71. The lowest BCUT2D eigenvalue weighted by atomic mass is 10.2. The fourth-order valence-corrected chi connectivity index (χ4v) is 2.84. The average Bonchev–Trinajstić information content (AvgIpc) is 3.23. The molecule has 24 heavy (non-hydrogen) atoms. The van der Waals surface area contributed by atoms with Crippen LogP contribution in [0.25, 0.3) is 6.08 Å². The van der Waals surface area contributed by atoms with Crippen LogP contribution < -0.4 is 0 Å². The highest BCUT2D eigenvalue weighted by Gasteiger charge is 2.27. The average molecular weight is 347 g/mol. The zero-order valence-corrected chi connectivity index (χ0v) is 14.2. The quantitative estimate of drug-likeness (QED) is 0.781. The van der Waals surface area contributed by atoms with Crippen molar-refractivity contribution in [1.29, 1.82) is 0 Å². The lowest BCUT2D eigenvalue weighted by Gasteiger charge is -2.14. The summed E-state index contributed by atoms with van der Waals surface area (Å²) in [4.78, 5) is 14.1. The van der Waals surface area contributed by atoms with Crippen LogP contribution in [0.1, 0.15) is 23.7 Å². The maximum Gasteiger partial charge on any atom is 0.246 e. The largest absolute Gasteiger partial charge is 0.378 e. The van der Waals surface area contributed by atoms with Crippen LogP contribution in [-0.4, -0.2) is 46.0 Å². The molecule has 1 atom stereocenters. The maximum atomic E-state index is 12.3. The van der Waals surface area contributed by atoms with Crippen LogP contribution in [0.3, 0.4) is 0 Å². The molecule has 0 N–H and O–H groups in total. The van der Waals surface area contributed by atoms with Gasteiger partial charge in [0.05, 0.1) is 18.8 Å². The summed E-state index contributed by atoms with van der Waals surface area (Å²) in [5.41, 5.74) is 1.74. The van der Waals surface area contributed by atoms with Crippen LogP contribution >= 0.6 is 11.6 Å². The Bertz CT molecular complexity index is 726. The number of methoxy groups -OCH3 is 1. The van der Waals surface area contributed by atoms with E-state index in [4.69, 9.17) is 16.3 Å². The molecule has 126 valence electrons. The topological polar surface area (TPSA) is 60.2 Å². The zero-order valence-electron chi connectivity index (χ0n) is 13.4. The zero-order chi connectivity index (χ0) is 16.9. The molecule has 1 fully saturated rings. The first-order chi connectivity index (χ1) is 11.7. The molecule has 1 saturated heterocycles. The van der Waals surface area contributed by atoms with Crippen LogP contribution in [0.2, 0.25) is 5.02 Å². The van der Waals surface area contributed by atoms with Gasteiger partial charge in [-0.05, 0) is 30.2 Å². The smallest absolute Gasteiger partial charge is 0.246 e. The second kappa shape index (κ2) is 7.59. The molecule has 0 radical (unpaired) electrons. The molecule has 2 heterocycles. The molecule has 6 nitrogen and oxygen atoms in total. The summed E-state index contributed by atoms with van der Waals surface area (Å²) in [5.74, 6) is 0.00433. The van der Waals surface area contributed by atoms with Crippen LogP contribution in [0, 0.1) is 0 Å². The Balaban J connectivity index is 1.58. The van der Waals surface area contributed by atoms with Gasteiger partial charge < -0.3 is 9.64 Å². The lowest BCUT2D eigenvalue weighted by molar-refractivity contribution is -0.125. The third-order valence-corrected chi connectivity index (χ3v) is 4.24. The molecule has 7 heteroatoms. The van der Waals surface area contributed by atoms with Gasteiger partial charge in [0.15, 0.2) is 0 Å². The number of amides is 1. The number of ether oxygens (including phenoxy) is 1. The second-order valence-corrected chi connectivity index (χ2v) is 6.17. The van der Waals surface area contributed by atoms with Crippen molar-refractivity contribution in [3.8, 4) is 0 Å². The number of benzene rings is 1. The molecule has 1 aliphatic heterocycles. The van der Waals surface area contributed by atoms with E-state index < -0.39 is 0 Å². The van der Waals surface area contributed by atoms with Gasteiger partial charge in [0, 0.05) is 31.3 Å². The van der Waals surface area contributed by atoms with E-state index in [-0.39, 0.29) is 11.9 Å². The van der Waals surface area contributed by atoms with Crippen molar-refractivity contribution in [2.75, 3.05) is 20.2 Å². The summed E-state index contributed by atoms with van der Waals surface area (Å²) < 4.78 is 6.87. The number of rotatable bonds is 5. The fraction of sp³-hybridized carbons (Fsp3) is 0.353. The standard InChI is InChI=1S/C17H19ClN4O2/c1-24-12-15-10-22(20-19-15)16-8-9-21(11-16)17(23)7-4-13-2-5-14(18)6-3-13/h2-7,10,16H,8-9,11-12H2,1H3/b7-4+. The van der Waals surface area contributed by atoms with Gasteiger partial charge in [0.25, 0.3) is 0 Å². The number of likely N-dealkylation sites (tertiary alicyclic amines) is 1. The van der Waals surface area contributed by atoms with Crippen molar-refractivity contribution in [2.45, 2.75) is 19.1 Å². The Morgan fingerprint density at radius 3 is 2.96 bits per heavy atom. The molecule has 2 aromatic rings. The van der Waals surface area contributed by atoms with Crippen LogP contribution in [0.4, 0.5) is 0 Å². The third-order valence-electron chi connectivity index (χ3n) is 3.99. The van der Waals surface area contributed by atoms with Crippen molar-refractivity contribution in [3.63, 3.8) is 0 Å². The Hall–Kier alpha value is -2.18. The SMILES string of the molecule is COCc1cn(C2CCN(C(=O)/C=C/c3ccc(Cl)cc3)C2)nn1. The summed E-state index contributed by atoms with van der Waals surface area (Å²) in [7, 11) is 1.63. The highest BCUT2D eigenvalue weighted by atomic mass is 35.5. The van der Waals surface area contributed by atoms with Gasteiger partial charge in [0.2, 0.25) is 5.91 Å². The molecule has 1 unspecified atom stereocenters. The molecule has 3 rings (SSSR count). The molecule has 0 spiro atoms. The maximum absolute atomic E-state index is 12.3. The van der Waals surface area contributed by atoms with Crippen molar-refractivity contribution >= 4 is 23.6 Å². The summed E-state index contributed by atoms with van der Waals surface area (Å²) in [6.07, 6.45) is 6.16. The molecule has 1 aromatic heterocycles. The van der Waals surface area contributed by atoms with E-state index in [1.54, 1.807) is 31.4 Å². The van der Waals surface area contributed by atoms with Crippen LogP contribution in [0.15, 0.2) is 36.5 Å². The van der Waals surface area contributed by atoms with Gasteiger partial charge in [-0.1, -0.05) is 28.9 Å². The van der Waals surface area contributed by atoms with E-state index >= 15 is 0 Å². The van der Waals surface area contributed by atoms with Crippen LogP contribution in [0.5, 0.6) is 0 Å². The first kappa shape index (κ1) is 16.7. The van der Waals surface area contributed by atoms with Crippen molar-refractivity contribution in [2.24, 2.45) is 0 Å². The number of carbonyl (C=O) groups excluding carboxylic acids is 1. The summed E-state index contributed by atoms with van der Waals surface area (Å²) in [6, 6.07) is 7.54. The molecule has 1 aromatic carbocycles. The minimum atomic E-state index is 0.00433. The predicted octanol–water partition coefficient (Wildman–Crippen LogP) is 2.56. The van der Waals surface area contributed by atoms with E-state index in [1.807, 2.05) is 27.9 Å². The summed E-state index contributed by atoms with van der Waals surface area (Å²) >= 11 is 5.85. The second-order valence-electron chi connectivity index (χ2n) is 5.73. The molecule has 0 aliphatic carbocycles. The Labute approximate surface area is 145 Å². The third kappa shape index (κ3) is 4.01. The van der Waals surface area contributed by atoms with E-state index in [2.05, 4.69) is 10.3 Å². The minimum Gasteiger partial charge on any atom is -0.378 e. The molecular weight excluding hydrogens is 328 g/mol. The van der Waals surface area contributed by atoms with Crippen molar-refractivity contribution in [1.82, 2.24) is 19.9 Å². The Morgan fingerprint density at radius 2 is 2.21 bits per heavy atom. The molecular formula is C17H19ClN4O2. The van der Waals surface area contributed by atoms with Gasteiger partial charge in [-0.25, -0.2) is 4.68 Å². The number of carbonyl (C=O) groups is 1. The van der Waals surface area contributed by atoms with Gasteiger partial charge in [-0.15, -0.1) is 5.10 Å². The highest BCUT2D eigenvalue weighted by Crippen LogP contribution is 2.21. The number of hydrogen-bond acceptors (Lipinski definition) is 4. The van der Waals surface area contributed by atoms with Crippen molar-refractivity contribution in [3.05, 3.63) is 52.8 Å². The predicted molar refractivity (Wildman–Crippen MR) is 91.5 cm³/mol. The molecule has 0 saturated carbocycles. The Morgan fingerprint density at radius 1 is 1.42 bits per heavy atom. The first-order valence-electron chi connectivity index (χ1n) is 7.78. The highest BCUT2D eigenvalue weighted by molar-refractivity contribution is 6.30. The molecule has 0 bridgehead atoms. The van der Waals surface area contributed by atoms with Gasteiger partial charge >= 0.3 is 0 Å². The van der Waals surface area contributed by atoms with E-state index in [0.717, 1.165) is 17.7 Å². The number of hydrogen-bond donors (Lipinski definition) is 0. The molecule has 1 aliphatic rings. The summed E-state index contributed by atoms with van der Waals surface area (Å²) in [6.45, 7) is 1.80. The number of nitrogens with zero attached hydrogens (tertiary/aromatic N) is 4. The first-order valence-corrected chi connectivity index (χ1v) is 8.15. The Kier molecular flexibility index (Phi) is 5.27. The van der Waals surface area contributed by atoms with E-state index in [0.29, 0.717) is 24.7 Å². The van der Waals surface area contributed by atoms with Crippen LogP contribution in [-0.2, 0) is 16.1 Å². The summed E-state index contributed by atoms with van der Waals surface area (Å²) in [5, 5.41) is 8.88. The number of halogens is 1. The van der Waals surface area contributed by atoms with Crippen molar-refractivity contribution < 1.29 is 9.53 Å². The van der Waals surface area contributed by atoms with Gasteiger partial charge in [0.1, 0.15) is 5.69 Å². The normalized spacial score (nSPS) is 17.8.